The average molecular weight is 272 g/mol. The van der Waals surface area contributed by atoms with Crippen LogP contribution in [0.25, 0.3) is 0 Å². The van der Waals surface area contributed by atoms with Crippen LogP contribution in [0.1, 0.15) is 29.0 Å². The number of furan rings is 1. The third-order valence-corrected chi connectivity index (χ3v) is 3.15. The first-order valence-corrected chi connectivity index (χ1v) is 6.84. The van der Waals surface area contributed by atoms with Crippen LogP contribution in [0.15, 0.2) is 53.1 Å². The standard InChI is InChI=1S/C16H20N2O2/c1-13(14-6-3-2-4-7-14)12-17-9-10-18-16(19)15-8-5-11-20-15/h2-8,11,13,17H,9-10,12H2,1H3,(H,18,19). The number of carbonyl (C=O) groups excluding carboxylic acids is 1. The third kappa shape index (κ3) is 4.24. The van der Waals surface area contributed by atoms with Crippen LogP contribution in [0.3, 0.4) is 0 Å². The van der Waals surface area contributed by atoms with E-state index in [1.807, 2.05) is 6.07 Å². The summed E-state index contributed by atoms with van der Waals surface area (Å²) in [4.78, 5) is 11.6. The van der Waals surface area contributed by atoms with Gasteiger partial charge in [0.2, 0.25) is 0 Å². The van der Waals surface area contributed by atoms with Crippen LogP contribution in [0.4, 0.5) is 0 Å². The molecule has 1 atom stereocenters. The van der Waals surface area contributed by atoms with Crippen molar-refractivity contribution < 1.29 is 9.21 Å². The molecular formula is C16H20N2O2. The number of benzene rings is 1. The number of amides is 1. The molecule has 0 spiro atoms. The van der Waals surface area contributed by atoms with Gasteiger partial charge in [-0.25, -0.2) is 0 Å². The van der Waals surface area contributed by atoms with Crippen molar-refractivity contribution >= 4 is 5.91 Å². The maximum atomic E-state index is 11.6. The van der Waals surface area contributed by atoms with Crippen molar-refractivity contribution in [2.45, 2.75) is 12.8 Å². The largest absolute Gasteiger partial charge is 0.459 e. The Balaban J connectivity index is 1.61. The molecule has 106 valence electrons. The predicted octanol–water partition coefficient (Wildman–Crippen LogP) is 2.40. The van der Waals surface area contributed by atoms with Crippen LogP contribution in [-0.2, 0) is 0 Å². The van der Waals surface area contributed by atoms with Crippen molar-refractivity contribution in [3.8, 4) is 0 Å². The molecule has 0 aliphatic heterocycles. The Labute approximate surface area is 119 Å². The molecule has 4 heteroatoms. The second-order valence-electron chi connectivity index (χ2n) is 4.75. The lowest BCUT2D eigenvalue weighted by Gasteiger charge is -2.13. The number of hydrogen-bond donors (Lipinski definition) is 2. The normalized spacial score (nSPS) is 12.1. The highest BCUT2D eigenvalue weighted by molar-refractivity contribution is 5.91. The van der Waals surface area contributed by atoms with E-state index in [-0.39, 0.29) is 5.91 Å². The molecule has 1 unspecified atom stereocenters. The lowest BCUT2D eigenvalue weighted by atomic mass is 10.0. The summed E-state index contributed by atoms with van der Waals surface area (Å²) < 4.78 is 5.02. The zero-order valence-electron chi connectivity index (χ0n) is 11.6. The van der Waals surface area contributed by atoms with Crippen LogP contribution in [0.5, 0.6) is 0 Å². The highest BCUT2D eigenvalue weighted by Crippen LogP contribution is 2.12. The van der Waals surface area contributed by atoms with Gasteiger partial charge in [0.25, 0.3) is 5.91 Å². The molecule has 2 N–H and O–H groups in total. The van der Waals surface area contributed by atoms with Crippen molar-refractivity contribution in [3.63, 3.8) is 0 Å². The minimum absolute atomic E-state index is 0.173. The fourth-order valence-corrected chi connectivity index (χ4v) is 1.98. The van der Waals surface area contributed by atoms with Gasteiger partial charge in [-0.15, -0.1) is 0 Å². The van der Waals surface area contributed by atoms with Crippen LogP contribution in [0, 0.1) is 0 Å². The highest BCUT2D eigenvalue weighted by atomic mass is 16.3. The summed E-state index contributed by atoms with van der Waals surface area (Å²) in [6, 6.07) is 13.7. The van der Waals surface area contributed by atoms with E-state index in [0.717, 1.165) is 13.1 Å². The lowest BCUT2D eigenvalue weighted by Crippen LogP contribution is -2.33. The van der Waals surface area contributed by atoms with Crippen LogP contribution >= 0.6 is 0 Å². The Kier molecular flexibility index (Phi) is 5.38. The zero-order valence-corrected chi connectivity index (χ0v) is 11.6. The van der Waals surface area contributed by atoms with Gasteiger partial charge >= 0.3 is 0 Å². The van der Waals surface area contributed by atoms with E-state index in [1.54, 1.807) is 12.1 Å². The molecule has 0 saturated heterocycles. The van der Waals surface area contributed by atoms with E-state index in [0.29, 0.717) is 18.2 Å². The molecule has 1 heterocycles. The summed E-state index contributed by atoms with van der Waals surface area (Å²) in [6.07, 6.45) is 1.49. The van der Waals surface area contributed by atoms with Crippen molar-refractivity contribution in [1.29, 1.82) is 0 Å². The number of rotatable bonds is 7. The maximum absolute atomic E-state index is 11.6. The molecule has 20 heavy (non-hydrogen) atoms. The Morgan fingerprint density at radius 2 is 1.95 bits per heavy atom. The van der Waals surface area contributed by atoms with Crippen LogP contribution in [0.2, 0.25) is 0 Å². The monoisotopic (exact) mass is 272 g/mol. The predicted molar refractivity (Wildman–Crippen MR) is 78.8 cm³/mol. The van der Waals surface area contributed by atoms with Crippen molar-refractivity contribution in [3.05, 3.63) is 60.1 Å². The molecule has 4 nitrogen and oxygen atoms in total. The van der Waals surface area contributed by atoms with Crippen LogP contribution in [-0.4, -0.2) is 25.5 Å². The van der Waals surface area contributed by atoms with E-state index in [9.17, 15) is 4.79 Å². The zero-order chi connectivity index (χ0) is 14.2. The van der Waals surface area contributed by atoms with Crippen LogP contribution < -0.4 is 10.6 Å². The fourth-order valence-electron chi connectivity index (χ4n) is 1.98. The molecule has 1 aromatic heterocycles. The third-order valence-electron chi connectivity index (χ3n) is 3.15. The molecule has 0 aliphatic rings. The number of carbonyl (C=O) groups is 1. The summed E-state index contributed by atoms with van der Waals surface area (Å²) in [6.45, 7) is 4.40. The fraction of sp³-hybridized carbons (Fsp3) is 0.312. The molecule has 1 amide bonds. The molecule has 0 bridgehead atoms. The molecule has 0 radical (unpaired) electrons. The van der Waals surface area contributed by atoms with Gasteiger partial charge in [0.15, 0.2) is 5.76 Å². The lowest BCUT2D eigenvalue weighted by molar-refractivity contribution is 0.0926. The minimum Gasteiger partial charge on any atom is -0.459 e. The Morgan fingerprint density at radius 3 is 2.65 bits per heavy atom. The Bertz CT molecular complexity index is 509. The van der Waals surface area contributed by atoms with E-state index in [1.165, 1.54) is 11.8 Å². The highest BCUT2D eigenvalue weighted by Gasteiger charge is 2.07. The second-order valence-corrected chi connectivity index (χ2v) is 4.75. The first-order chi connectivity index (χ1) is 9.77. The molecule has 2 rings (SSSR count). The van der Waals surface area contributed by atoms with Gasteiger partial charge in [0.1, 0.15) is 0 Å². The van der Waals surface area contributed by atoms with E-state index in [4.69, 9.17) is 4.42 Å². The summed E-state index contributed by atoms with van der Waals surface area (Å²) >= 11 is 0. The molecule has 0 aliphatic carbocycles. The Hall–Kier alpha value is -2.07. The van der Waals surface area contributed by atoms with E-state index in [2.05, 4.69) is 41.8 Å². The van der Waals surface area contributed by atoms with Gasteiger partial charge in [-0.2, -0.15) is 0 Å². The minimum atomic E-state index is -0.173. The maximum Gasteiger partial charge on any atom is 0.287 e. The summed E-state index contributed by atoms with van der Waals surface area (Å²) in [5, 5.41) is 6.14. The smallest absolute Gasteiger partial charge is 0.287 e. The molecule has 0 fully saturated rings. The van der Waals surface area contributed by atoms with Gasteiger partial charge in [-0.3, -0.25) is 4.79 Å². The van der Waals surface area contributed by atoms with Gasteiger partial charge in [-0.05, 0) is 23.6 Å². The Morgan fingerprint density at radius 1 is 1.15 bits per heavy atom. The number of hydrogen-bond acceptors (Lipinski definition) is 3. The summed E-state index contributed by atoms with van der Waals surface area (Å²) in [5.74, 6) is 0.632. The van der Waals surface area contributed by atoms with E-state index < -0.39 is 0 Å². The van der Waals surface area contributed by atoms with E-state index >= 15 is 0 Å². The average Bonchev–Trinajstić information content (AvgIpc) is 3.01. The topological polar surface area (TPSA) is 54.3 Å². The van der Waals surface area contributed by atoms with Gasteiger partial charge < -0.3 is 15.1 Å². The van der Waals surface area contributed by atoms with Gasteiger partial charge in [0.05, 0.1) is 6.26 Å². The second kappa shape index (κ2) is 7.50. The van der Waals surface area contributed by atoms with Gasteiger partial charge in [-0.1, -0.05) is 37.3 Å². The molecular weight excluding hydrogens is 252 g/mol. The molecule has 2 aromatic rings. The molecule has 1 aromatic carbocycles. The van der Waals surface area contributed by atoms with Crippen molar-refractivity contribution in [2.75, 3.05) is 19.6 Å². The van der Waals surface area contributed by atoms with Crippen molar-refractivity contribution in [1.82, 2.24) is 10.6 Å². The summed E-state index contributed by atoms with van der Waals surface area (Å²) in [7, 11) is 0. The molecule has 0 saturated carbocycles. The van der Waals surface area contributed by atoms with Gasteiger partial charge in [0, 0.05) is 19.6 Å². The first-order valence-electron chi connectivity index (χ1n) is 6.84. The summed E-state index contributed by atoms with van der Waals surface area (Å²) in [5.41, 5.74) is 1.32. The number of nitrogens with one attached hydrogen (secondary N) is 2. The quantitative estimate of drug-likeness (QED) is 0.761. The SMILES string of the molecule is CC(CNCCNC(=O)c1ccco1)c1ccccc1. The first kappa shape index (κ1) is 14.3. The van der Waals surface area contributed by atoms with Crippen molar-refractivity contribution in [2.24, 2.45) is 0 Å².